The molecule has 3 heterocycles. The maximum Gasteiger partial charge on any atom is 0.215 e. The van der Waals surface area contributed by atoms with Gasteiger partial charge in [0.1, 0.15) is 24.4 Å². The van der Waals surface area contributed by atoms with E-state index in [-0.39, 0.29) is 17.5 Å². The molecule has 2 aromatic heterocycles. The van der Waals surface area contributed by atoms with Crippen LogP contribution in [0.1, 0.15) is 50.5 Å². The summed E-state index contributed by atoms with van der Waals surface area (Å²) in [6.45, 7) is 9.31. The van der Waals surface area contributed by atoms with Gasteiger partial charge in [-0.3, -0.25) is 4.90 Å². The Bertz CT molecular complexity index is 1250. The maximum absolute atomic E-state index is 6.56. The van der Waals surface area contributed by atoms with Crippen molar-refractivity contribution in [2.75, 3.05) is 26.3 Å². The highest BCUT2D eigenvalue weighted by Gasteiger charge is 2.42. The molecule has 5 rings (SSSR count). The van der Waals surface area contributed by atoms with Crippen LogP contribution in [-0.4, -0.2) is 66.2 Å². The lowest BCUT2D eigenvalue weighted by Gasteiger charge is -2.39. The van der Waals surface area contributed by atoms with E-state index in [4.69, 9.17) is 21.1 Å². The van der Waals surface area contributed by atoms with Gasteiger partial charge in [0.05, 0.1) is 19.3 Å². The van der Waals surface area contributed by atoms with Crippen LogP contribution in [0.15, 0.2) is 67.3 Å². The number of nitrogens with zero attached hydrogens (tertiary/aromatic N) is 8. The zero-order chi connectivity index (χ0) is 25.8. The molecule has 11 heteroatoms. The molecule has 0 spiro atoms. The van der Waals surface area contributed by atoms with E-state index in [1.54, 1.807) is 23.1 Å². The van der Waals surface area contributed by atoms with Gasteiger partial charge in [0.25, 0.3) is 0 Å². The zero-order valence-corrected chi connectivity index (χ0v) is 21.9. The van der Waals surface area contributed by atoms with Gasteiger partial charge in [-0.25, -0.2) is 14.3 Å². The molecule has 10 nitrogen and oxygen atoms in total. The number of hydrogen-bond donors (Lipinski definition) is 0. The van der Waals surface area contributed by atoms with Crippen LogP contribution in [0.25, 0.3) is 0 Å². The Morgan fingerprint density at radius 2 is 1.73 bits per heavy atom. The second-order valence-corrected chi connectivity index (χ2v) is 10.5. The Hall–Kier alpha value is -3.34. The lowest BCUT2D eigenvalue weighted by Crippen LogP contribution is -2.43. The van der Waals surface area contributed by atoms with Crippen LogP contribution < -0.4 is 4.74 Å². The van der Waals surface area contributed by atoms with Crippen LogP contribution in [0.3, 0.4) is 0 Å². The number of morpholine rings is 1. The maximum atomic E-state index is 6.56. The molecule has 1 aliphatic heterocycles. The van der Waals surface area contributed by atoms with Gasteiger partial charge in [-0.05, 0) is 45.7 Å². The van der Waals surface area contributed by atoms with E-state index in [2.05, 4.69) is 63.4 Å². The van der Waals surface area contributed by atoms with E-state index >= 15 is 0 Å². The fraction of sp³-hybridized carbons (Fsp3) is 0.423. The summed E-state index contributed by atoms with van der Waals surface area (Å²) in [6, 6.07) is 17.1. The third-order valence-corrected chi connectivity index (χ3v) is 6.73. The van der Waals surface area contributed by atoms with Gasteiger partial charge in [0.15, 0.2) is 5.82 Å². The number of tetrazole rings is 1. The molecule has 37 heavy (non-hydrogen) atoms. The molecule has 0 amide bonds. The third kappa shape index (κ3) is 5.66. The highest BCUT2D eigenvalue weighted by Crippen LogP contribution is 2.42. The Balaban J connectivity index is 1.61. The van der Waals surface area contributed by atoms with Crippen molar-refractivity contribution in [2.45, 2.75) is 39.1 Å². The van der Waals surface area contributed by atoms with Gasteiger partial charge in [-0.15, -0.1) is 5.10 Å². The van der Waals surface area contributed by atoms with Crippen molar-refractivity contribution >= 4 is 11.6 Å². The van der Waals surface area contributed by atoms with Crippen molar-refractivity contribution in [2.24, 2.45) is 5.41 Å². The molecule has 2 aromatic carbocycles. The summed E-state index contributed by atoms with van der Waals surface area (Å²) in [5.74, 6) is 1.39. The molecule has 1 saturated heterocycles. The summed E-state index contributed by atoms with van der Waals surface area (Å²) in [5.41, 5.74) is 0.781. The summed E-state index contributed by atoms with van der Waals surface area (Å²) in [4.78, 5) is 6.56. The van der Waals surface area contributed by atoms with Gasteiger partial charge < -0.3 is 9.47 Å². The van der Waals surface area contributed by atoms with Crippen molar-refractivity contribution in [3.05, 3.63) is 83.7 Å². The second-order valence-electron chi connectivity index (χ2n) is 10.1. The Morgan fingerprint density at radius 1 is 1.00 bits per heavy atom. The third-order valence-electron chi connectivity index (χ3n) is 6.48. The largest absolute Gasteiger partial charge is 0.466 e. The Kier molecular flexibility index (Phi) is 7.50. The molecule has 0 aliphatic carbocycles. The molecule has 0 saturated carbocycles. The SMILES string of the molecule is CC(C)(C)C(C(Oc1ccc(Cl)cc1)n1cncn1)n1nnnc1C(c1ccccc1)N1CCOCC1. The normalized spacial score (nSPS) is 17.3. The number of rotatable bonds is 8. The average molecular weight is 523 g/mol. The molecule has 194 valence electrons. The lowest BCUT2D eigenvalue weighted by atomic mass is 9.85. The molecule has 0 radical (unpaired) electrons. The number of hydrogen-bond acceptors (Lipinski definition) is 8. The highest BCUT2D eigenvalue weighted by molar-refractivity contribution is 6.30. The molecule has 3 atom stereocenters. The van der Waals surface area contributed by atoms with Crippen molar-refractivity contribution in [1.29, 1.82) is 0 Å². The van der Waals surface area contributed by atoms with E-state index in [9.17, 15) is 0 Å². The van der Waals surface area contributed by atoms with Crippen LogP contribution in [0, 0.1) is 5.41 Å². The van der Waals surface area contributed by atoms with Crippen molar-refractivity contribution in [3.8, 4) is 5.75 Å². The van der Waals surface area contributed by atoms with Crippen molar-refractivity contribution < 1.29 is 9.47 Å². The van der Waals surface area contributed by atoms with Gasteiger partial charge >= 0.3 is 0 Å². The van der Waals surface area contributed by atoms with Crippen molar-refractivity contribution in [3.63, 3.8) is 0 Å². The summed E-state index contributed by atoms with van der Waals surface area (Å²) in [7, 11) is 0. The van der Waals surface area contributed by atoms with Gasteiger partial charge in [-0.1, -0.05) is 62.7 Å². The van der Waals surface area contributed by atoms with Crippen LogP contribution >= 0.6 is 11.6 Å². The predicted octanol–water partition coefficient (Wildman–Crippen LogP) is 4.20. The van der Waals surface area contributed by atoms with E-state index < -0.39 is 6.23 Å². The average Bonchev–Trinajstić information content (AvgIpc) is 3.59. The first-order valence-corrected chi connectivity index (χ1v) is 12.7. The minimum atomic E-state index is -0.591. The monoisotopic (exact) mass is 522 g/mol. The summed E-state index contributed by atoms with van der Waals surface area (Å²) in [6.07, 6.45) is 2.56. The fourth-order valence-electron chi connectivity index (χ4n) is 4.75. The lowest BCUT2D eigenvalue weighted by molar-refractivity contribution is -0.00672. The van der Waals surface area contributed by atoms with Gasteiger partial charge in [0.2, 0.25) is 6.23 Å². The summed E-state index contributed by atoms with van der Waals surface area (Å²) >= 11 is 6.12. The molecular weight excluding hydrogens is 492 g/mol. The smallest absolute Gasteiger partial charge is 0.215 e. The minimum Gasteiger partial charge on any atom is -0.466 e. The number of halogens is 1. The Morgan fingerprint density at radius 3 is 2.38 bits per heavy atom. The van der Waals surface area contributed by atoms with E-state index in [1.807, 2.05) is 35.0 Å². The number of benzene rings is 2. The number of aromatic nitrogens is 7. The molecule has 0 N–H and O–H groups in total. The van der Waals surface area contributed by atoms with Gasteiger partial charge in [-0.2, -0.15) is 5.10 Å². The summed E-state index contributed by atoms with van der Waals surface area (Å²) in [5, 5.41) is 18.4. The highest BCUT2D eigenvalue weighted by atomic mass is 35.5. The molecule has 1 fully saturated rings. The molecule has 1 aliphatic rings. The first-order valence-electron chi connectivity index (χ1n) is 12.3. The molecular formula is C26H31ClN8O2. The van der Waals surface area contributed by atoms with Crippen molar-refractivity contribution in [1.82, 2.24) is 39.9 Å². The zero-order valence-electron chi connectivity index (χ0n) is 21.2. The summed E-state index contributed by atoms with van der Waals surface area (Å²) < 4.78 is 15.8. The fourth-order valence-corrected chi connectivity index (χ4v) is 4.88. The molecule has 0 bridgehead atoms. The predicted molar refractivity (Wildman–Crippen MR) is 138 cm³/mol. The van der Waals surface area contributed by atoms with Gasteiger partial charge in [0, 0.05) is 18.1 Å². The standard InChI is InChI=1S/C26H31ClN8O2/c1-26(2,3)23(25(34-18-28-17-29-34)37-21-11-9-20(27)10-12-21)35-24(30-31-32-35)22(19-7-5-4-6-8-19)33-13-15-36-16-14-33/h4-12,17-18,22-23,25H,13-16H2,1-3H3. The quantitative estimate of drug-likeness (QED) is 0.339. The van der Waals surface area contributed by atoms with E-state index in [0.29, 0.717) is 24.0 Å². The van der Waals surface area contributed by atoms with Crippen LogP contribution in [0.2, 0.25) is 5.02 Å². The topological polar surface area (TPSA) is 96.0 Å². The first-order chi connectivity index (χ1) is 17.9. The van der Waals surface area contributed by atoms with Crippen LogP contribution in [0.4, 0.5) is 0 Å². The molecule has 4 aromatic rings. The van der Waals surface area contributed by atoms with E-state index in [0.717, 1.165) is 24.5 Å². The molecule has 3 unspecified atom stereocenters. The van der Waals surface area contributed by atoms with Crippen LogP contribution in [0.5, 0.6) is 5.75 Å². The first kappa shape index (κ1) is 25.3. The van der Waals surface area contributed by atoms with Crippen LogP contribution in [-0.2, 0) is 4.74 Å². The Labute approximate surface area is 221 Å². The minimum absolute atomic E-state index is 0.156. The van der Waals surface area contributed by atoms with E-state index in [1.165, 1.54) is 6.33 Å². The second kappa shape index (κ2) is 11.0. The number of ether oxygens (including phenoxy) is 2.